The molecule has 0 aliphatic carbocycles. The second-order valence-corrected chi connectivity index (χ2v) is 8.69. The molecule has 2 heterocycles. The summed E-state index contributed by atoms with van der Waals surface area (Å²) < 4.78 is 7.83. The zero-order chi connectivity index (χ0) is 17.9. The van der Waals surface area contributed by atoms with Crippen LogP contribution in [-0.4, -0.2) is 51.7 Å². The zero-order valence-corrected chi connectivity index (χ0v) is 16.1. The highest BCUT2D eigenvalue weighted by molar-refractivity contribution is 8.12. The van der Waals surface area contributed by atoms with Crippen molar-refractivity contribution in [2.24, 2.45) is 4.99 Å². The lowest BCUT2D eigenvalue weighted by molar-refractivity contribution is 0.0181. The number of amides is 1. The van der Waals surface area contributed by atoms with Crippen LogP contribution in [0.5, 0.6) is 0 Å². The first kappa shape index (κ1) is 18.3. The van der Waals surface area contributed by atoms with E-state index in [2.05, 4.69) is 28.6 Å². The molecule has 25 heavy (non-hydrogen) atoms. The van der Waals surface area contributed by atoms with Crippen LogP contribution in [0.2, 0.25) is 0 Å². The van der Waals surface area contributed by atoms with Crippen molar-refractivity contribution in [2.45, 2.75) is 51.7 Å². The summed E-state index contributed by atoms with van der Waals surface area (Å²) in [5.74, 6) is 0. The van der Waals surface area contributed by atoms with Gasteiger partial charge in [0, 0.05) is 25.6 Å². The van der Waals surface area contributed by atoms with E-state index >= 15 is 0 Å². The second kappa shape index (κ2) is 7.79. The van der Waals surface area contributed by atoms with E-state index in [0.717, 1.165) is 39.0 Å². The van der Waals surface area contributed by atoms with Crippen LogP contribution in [0.1, 0.15) is 39.2 Å². The van der Waals surface area contributed by atoms with Crippen LogP contribution in [-0.2, 0) is 11.2 Å². The number of benzene rings is 1. The molecule has 0 N–H and O–H groups in total. The smallest absolute Gasteiger partial charge is 0.410 e. The molecule has 3 rings (SSSR count). The summed E-state index contributed by atoms with van der Waals surface area (Å²) >= 11 is 1.78. The molecule has 0 unspecified atom stereocenters. The molecule has 0 bridgehead atoms. The maximum Gasteiger partial charge on any atom is 0.410 e. The van der Waals surface area contributed by atoms with Crippen molar-refractivity contribution in [3.05, 3.63) is 35.9 Å². The van der Waals surface area contributed by atoms with E-state index in [1.165, 1.54) is 10.6 Å². The molecule has 1 saturated heterocycles. The van der Waals surface area contributed by atoms with Crippen LogP contribution < -0.4 is 0 Å². The molecule has 0 radical (unpaired) electrons. The van der Waals surface area contributed by atoms with Gasteiger partial charge in [-0.25, -0.2) is 9.10 Å². The third-order valence-electron chi connectivity index (χ3n) is 4.33. The summed E-state index contributed by atoms with van der Waals surface area (Å²) in [7, 11) is 0. The number of rotatable bonds is 3. The Hall–Kier alpha value is -1.53. The number of hydrogen-bond acceptors (Lipinski definition) is 5. The highest BCUT2D eigenvalue weighted by atomic mass is 32.2. The van der Waals surface area contributed by atoms with Crippen LogP contribution in [0.15, 0.2) is 35.3 Å². The fourth-order valence-electron chi connectivity index (χ4n) is 3.05. The summed E-state index contributed by atoms with van der Waals surface area (Å²) in [4.78, 5) is 18.7. The Labute approximate surface area is 154 Å². The fraction of sp³-hybridized carbons (Fsp3) is 0.579. The molecule has 0 spiro atoms. The van der Waals surface area contributed by atoms with E-state index in [1.807, 2.05) is 31.7 Å². The van der Waals surface area contributed by atoms with Gasteiger partial charge in [0.2, 0.25) is 0 Å². The van der Waals surface area contributed by atoms with Gasteiger partial charge in [-0.3, -0.25) is 4.99 Å². The monoisotopic (exact) mass is 361 g/mol. The lowest BCUT2D eigenvalue weighted by Crippen LogP contribution is -2.46. The number of carbonyl (C=O) groups excluding carboxylic acids is 1. The quantitative estimate of drug-likeness (QED) is 0.765. The van der Waals surface area contributed by atoms with Gasteiger partial charge in [-0.1, -0.05) is 30.3 Å². The van der Waals surface area contributed by atoms with Crippen molar-refractivity contribution >= 4 is 23.1 Å². The van der Waals surface area contributed by atoms with Gasteiger partial charge in [-0.15, -0.1) is 0 Å². The number of nitrogens with zero attached hydrogens (tertiary/aromatic N) is 3. The van der Waals surface area contributed by atoms with Gasteiger partial charge in [0.25, 0.3) is 0 Å². The Morgan fingerprint density at radius 3 is 2.56 bits per heavy atom. The van der Waals surface area contributed by atoms with Crippen molar-refractivity contribution in [1.82, 2.24) is 9.21 Å². The van der Waals surface area contributed by atoms with Crippen molar-refractivity contribution < 1.29 is 9.53 Å². The van der Waals surface area contributed by atoms with E-state index in [1.54, 1.807) is 11.9 Å². The summed E-state index contributed by atoms with van der Waals surface area (Å²) in [6.45, 7) is 7.98. The summed E-state index contributed by atoms with van der Waals surface area (Å²) in [6, 6.07) is 10.9. The van der Waals surface area contributed by atoms with Crippen molar-refractivity contribution in [3.63, 3.8) is 0 Å². The minimum Gasteiger partial charge on any atom is -0.444 e. The Morgan fingerprint density at radius 1 is 1.24 bits per heavy atom. The third kappa shape index (κ3) is 5.22. The number of likely N-dealkylation sites (tertiary alicyclic amines) is 1. The van der Waals surface area contributed by atoms with Gasteiger partial charge in [0.1, 0.15) is 12.3 Å². The minimum atomic E-state index is -0.432. The predicted octanol–water partition coefficient (Wildman–Crippen LogP) is 3.95. The standard InChI is InChI=1S/C19H27N3O2S/c1-19(2,3)24-18(23)21-11-9-16(10-12-21)22-14-20-17(25-22)13-15-7-5-4-6-8-15/h4-8,16H,9-14H2,1-3H3. The Morgan fingerprint density at radius 2 is 1.92 bits per heavy atom. The van der Waals surface area contributed by atoms with Gasteiger partial charge in [0.15, 0.2) is 0 Å². The Bertz CT molecular complexity index is 619. The van der Waals surface area contributed by atoms with E-state index < -0.39 is 5.60 Å². The van der Waals surface area contributed by atoms with Crippen LogP contribution >= 0.6 is 11.9 Å². The number of hydrogen-bond donors (Lipinski definition) is 0. The number of aliphatic imine (C=N–C) groups is 1. The zero-order valence-electron chi connectivity index (χ0n) is 15.3. The summed E-state index contributed by atoms with van der Waals surface area (Å²) in [5.41, 5.74) is 0.870. The normalized spacial score (nSPS) is 19.8. The Kier molecular flexibility index (Phi) is 5.69. The van der Waals surface area contributed by atoms with Crippen molar-refractivity contribution in [3.8, 4) is 0 Å². The molecule has 1 aromatic carbocycles. The molecule has 6 heteroatoms. The molecule has 0 saturated carbocycles. The third-order valence-corrected chi connectivity index (χ3v) is 5.46. The maximum absolute atomic E-state index is 12.2. The van der Waals surface area contributed by atoms with Crippen LogP contribution in [0, 0.1) is 0 Å². The van der Waals surface area contributed by atoms with E-state index in [0.29, 0.717) is 6.04 Å². The molecule has 1 amide bonds. The Balaban J connectivity index is 1.44. The maximum atomic E-state index is 12.2. The lowest BCUT2D eigenvalue weighted by Gasteiger charge is -2.36. The molecule has 2 aliphatic rings. The predicted molar refractivity (Wildman–Crippen MR) is 103 cm³/mol. The average Bonchev–Trinajstić information content (AvgIpc) is 3.03. The molecule has 5 nitrogen and oxygen atoms in total. The van der Waals surface area contributed by atoms with E-state index in [9.17, 15) is 4.79 Å². The summed E-state index contributed by atoms with van der Waals surface area (Å²) in [6.07, 6.45) is 2.65. The number of ether oxygens (including phenoxy) is 1. The van der Waals surface area contributed by atoms with Crippen LogP contribution in [0.3, 0.4) is 0 Å². The van der Waals surface area contributed by atoms with Gasteiger partial charge in [0.05, 0.1) is 5.04 Å². The molecule has 1 aromatic rings. The van der Waals surface area contributed by atoms with E-state index in [4.69, 9.17) is 9.73 Å². The number of piperidine rings is 1. The molecule has 0 atom stereocenters. The molecule has 2 aliphatic heterocycles. The first-order chi connectivity index (χ1) is 11.9. The van der Waals surface area contributed by atoms with Crippen LogP contribution in [0.25, 0.3) is 0 Å². The molecular weight excluding hydrogens is 334 g/mol. The highest BCUT2D eigenvalue weighted by Crippen LogP contribution is 2.29. The second-order valence-electron chi connectivity index (χ2n) is 7.56. The van der Waals surface area contributed by atoms with Gasteiger partial charge in [-0.2, -0.15) is 0 Å². The topological polar surface area (TPSA) is 45.1 Å². The first-order valence-corrected chi connectivity index (χ1v) is 9.68. The first-order valence-electron chi connectivity index (χ1n) is 8.90. The lowest BCUT2D eigenvalue weighted by atomic mass is 10.1. The van der Waals surface area contributed by atoms with Crippen molar-refractivity contribution in [1.29, 1.82) is 0 Å². The highest BCUT2D eigenvalue weighted by Gasteiger charge is 2.31. The van der Waals surface area contributed by atoms with Crippen molar-refractivity contribution in [2.75, 3.05) is 19.8 Å². The van der Waals surface area contributed by atoms with Crippen LogP contribution in [0.4, 0.5) is 4.79 Å². The SMILES string of the molecule is CC(C)(C)OC(=O)N1CCC(N2CN=C(Cc3ccccc3)S2)CC1. The molecule has 0 aromatic heterocycles. The minimum absolute atomic E-state index is 0.193. The van der Waals surface area contributed by atoms with Gasteiger partial charge in [-0.05, 0) is 51.1 Å². The largest absolute Gasteiger partial charge is 0.444 e. The van der Waals surface area contributed by atoms with Gasteiger partial charge < -0.3 is 9.64 Å². The van der Waals surface area contributed by atoms with Gasteiger partial charge >= 0.3 is 6.09 Å². The van der Waals surface area contributed by atoms with E-state index in [-0.39, 0.29) is 6.09 Å². The average molecular weight is 362 g/mol. The molecule has 136 valence electrons. The molecule has 1 fully saturated rings. The molecular formula is C19H27N3O2S. The fourth-order valence-corrected chi connectivity index (χ4v) is 4.15. The number of carbonyl (C=O) groups is 1. The summed E-state index contributed by atoms with van der Waals surface area (Å²) in [5, 5.41) is 1.18.